The number of nitrogens with one attached hydrogen (secondary N) is 1. The van der Waals surface area contributed by atoms with Crippen LogP contribution in [0, 0.1) is 10.1 Å². The quantitative estimate of drug-likeness (QED) is 0.646. The van der Waals surface area contributed by atoms with E-state index >= 15 is 0 Å². The lowest BCUT2D eigenvalue weighted by Crippen LogP contribution is -2.38. The Bertz CT molecular complexity index is 596. The first-order valence-electron chi connectivity index (χ1n) is 6.36. The van der Waals surface area contributed by atoms with E-state index < -0.39 is 20.6 Å². The van der Waals surface area contributed by atoms with Crippen LogP contribution in [0.2, 0.25) is 0 Å². The van der Waals surface area contributed by atoms with Gasteiger partial charge in [0.15, 0.2) is 4.90 Å². The average Bonchev–Trinajstić information content (AvgIpc) is 2.91. The van der Waals surface area contributed by atoms with Crippen molar-refractivity contribution in [2.24, 2.45) is 0 Å². The van der Waals surface area contributed by atoms with E-state index in [0.717, 1.165) is 19.4 Å². The third-order valence-corrected chi connectivity index (χ3v) is 5.26. The number of hydrogen-bond donors (Lipinski definition) is 1. The van der Waals surface area contributed by atoms with E-state index in [4.69, 9.17) is 0 Å². The lowest BCUT2D eigenvalue weighted by atomic mass is 10.2. The molecule has 0 bridgehead atoms. The zero-order valence-electron chi connectivity index (χ0n) is 11.2. The first kappa shape index (κ1) is 14.9. The maximum atomic E-state index is 12.4. The summed E-state index contributed by atoms with van der Waals surface area (Å²) in [6.45, 7) is 1.19. The van der Waals surface area contributed by atoms with E-state index in [-0.39, 0.29) is 10.9 Å². The maximum absolute atomic E-state index is 12.4. The van der Waals surface area contributed by atoms with Gasteiger partial charge >= 0.3 is 0 Å². The number of nitrogens with zero attached hydrogens (tertiary/aromatic N) is 2. The highest BCUT2D eigenvalue weighted by atomic mass is 32.2. The summed E-state index contributed by atoms with van der Waals surface area (Å²) in [6, 6.07) is 5.52. The number of benzene rings is 1. The molecule has 1 aromatic rings. The Hall–Kier alpha value is -1.51. The molecule has 2 rings (SSSR count). The molecule has 7 nitrogen and oxygen atoms in total. The maximum Gasteiger partial charge on any atom is 0.289 e. The molecule has 1 atom stereocenters. The monoisotopic (exact) mass is 299 g/mol. The lowest BCUT2D eigenvalue weighted by Gasteiger charge is -2.20. The molecule has 0 saturated carbocycles. The average molecular weight is 299 g/mol. The summed E-state index contributed by atoms with van der Waals surface area (Å²) in [5.74, 6) is 0. The van der Waals surface area contributed by atoms with Crippen molar-refractivity contribution in [2.75, 3.05) is 20.1 Å². The molecule has 8 heteroatoms. The second-order valence-corrected chi connectivity index (χ2v) is 6.82. The Morgan fingerprint density at radius 2 is 2.15 bits per heavy atom. The number of sulfonamides is 1. The fourth-order valence-corrected chi connectivity index (χ4v) is 3.68. The van der Waals surface area contributed by atoms with Gasteiger partial charge in [-0.25, -0.2) is 8.42 Å². The van der Waals surface area contributed by atoms with Crippen molar-refractivity contribution in [1.29, 1.82) is 0 Å². The molecule has 0 radical (unpaired) electrons. The summed E-state index contributed by atoms with van der Waals surface area (Å²) in [6.07, 6.45) is 1.93. The smallest absolute Gasteiger partial charge is 0.289 e. The predicted octanol–water partition coefficient (Wildman–Crippen LogP) is 0.967. The van der Waals surface area contributed by atoms with Gasteiger partial charge in [-0.15, -0.1) is 0 Å². The van der Waals surface area contributed by atoms with Gasteiger partial charge in [0.2, 0.25) is 10.0 Å². The predicted molar refractivity (Wildman–Crippen MR) is 73.9 cm³/mol. The topological polar surface area (TPSA) is 92.6 Å². The molecule has 1 aromatic carbocycles. The molecule has 1 heterocycles. The van der Waals surface area contributed by atoms with Gasteiger partial charge in [0.25, 0.3) is 5.69 Å². The minimum atomic E-state index is -3.85. The third-order valence-electron chi connectivity index (χ3n) is 3.39. The first-order valence-corrected chi connectivity index (χ1v) is 7.80. The number of nitro groups is 1. The van der Waals surface area contributed by atoms with Crippen molar-refractivity contribution in [2.45, 2.75) is 23.8 Å². The summed E-state index contributed by atoms with van der Waals surface area (Å²) < 4.78 is 26.1. The summed E-state index contributed by atoms with van der Waals surface area (Å²) >= 11 is 0. The molecule has 0 aromatic heterocycles. The zero-order chi connectivity index (χ0) is 14.8. The Labute approximate surface area is 117 Å². The van der Waals surface area contributed by atoms with Crippen molar-refractivity contribution >= 4 is 15.7 Å². The molecular formula is C12H17N3O4S. The van der Waals surface area contributed by atoms with Crippen LogP contribution in [-0.2, 0) is 10.0 Å². The molecule has 0 spiro atoms. The van der Waals surface area contributed by atoms with Gasteiger partial charge in [0.1, 0.15) is 0 Å². The second kappa shape index (κ2) is 5.86. The largest absolute Gasteiger partial charge is 0.313 e. The standard InChI is InChI=1S/C12H17N3O4S/c1-14(9-10-5-4-8-13-10)20(18,19)12-7-3-2-6-11(12)15(16)17/h2-3,6-7,10,13H,4-5,8-9H2,1H3. The van der Waals surface area contributed by atoms with Crippen molar-refractivity contribution < 1.29 is 13.3 Å². The molecule has 1 aliphatic rings. The van der Waals surface area contributed by atoms with E-state index in [1.807, 2.05) is 0 Å². The van der Waals surface area contributed by atoms with Crippen LogP contribution in [0.5, 0.6) is 0 Å². The highest BCUT2D eigenvalue weighted by Gasteiger charge is 2.30. The van der Waals surface area contributed by atoms with Crippen LogP contribution in [-0.4, -0.2) is 43.8 Å². The van der Waals surface area contributed by atoms with Gasteiger partial charge in [-0.3, -0.25) is 10.1 Å². The molecular weight excluding hydrogens is 282 g/mol. The molecule has 1 N–H and O–H groups in total. The SMILES string of the molecule is CN(CC1CCCN1)S(=O)(=O)c1ccccc1[N+](=O)[O-]. The Kier molecular flexibility index (Phi) is 4.36. The van der Waals surface area contributed by atoms with Crippen LogP contribution in [0.1, 0.15) is 12.8 Å². The Morgan fingerprint density at radius 1 is 1.45 bits per heavy atom. The summed E-state index contributed by atoms with van der Waals surface area (Å²) in [4.78, 5) is 10.0. The fraction of sp³-hybridized carbons (Fsp3) is 0.500. The Balaban J connectivity index is 2.27. The molecule has 20 heavy (non-hydrogen) atoms. The second-order valence-electron chi connectivity index (χ2n) is 4.80. The fourth-order valence-electron chi connectivity index (χ4n) is 2.32. The molecule has 110 valence electrons. The summed E-state index contributed by atoms with van der Waals surface area (Å²) in [5, 5.41) is 14.2. The molecule has 0 aliphatic carbocycles. The van der Waals surface area contributed by atoms with Crippen molar-refractivity contribution in [1.82, 2.24) is 9.62 Å². The Morgan fingerprint density at radius 3 is 2.75 bits per heavy atom. The number of para-hydroxylation sites is 1. The van der Waals surface area contributed by atoms with Gasteiger partial charge in [0, 0.05) is 25.7 Å². The van der Waals surface area contributed by atoms with Crippen molar-refractivity contribution in [3.05, 3.63) is 34.4 Å². The van der Waals surface area contributed by atoms with E-state index in [0.29, 0.717) is 6.54 Å². The van der Waals surface area contributed by atoms with Crippen LogP contribution >= 0.6 is 0 Å². The van der Waals surface area contributed by atoms with Gasteiger partial charge in [-0.05, 0) is 25.5 Å². The van der Waals surface area contributed by atoms with Gasteiger partial charge in [-0.2, -0.15) is 4.31 Å². The van der Waals surface area contributed by atoms with E-state index in [1.165, 1.54) is 35.6 Å². The normalized spacial score (nSPS) is 19.4. The highest BCUT2D eigenvalue weighted by Crippen LogP contribution is 2.25. The number of likely N-dealkylation sites (N-methyl/N-ethyl adjacent to an activating group) is 1. The van der Waals surface area contributed by atoms with Crippen LogP contribution in [0.15, 0.2) is 29.2 Å². The molecule has 1 fully saturated rings. The first-order chi connectivity index (χ1) is 9.43. The van der Waals surface area contributed by atoms with Gasteiger partial charge in [-0.1, -0.05) is 12.1 Å². The summed E-state index contributed by atoms with van der Waals surface area (Å²) in [5.41, 5.74) is -0.390. The lowest BCUT2D eigenvalue weighted by molar-refractivity contribution is -0.387. The van der Waals surface area contributed by atoms with Crippen LogP contribution in [0.25, 0.3) is 0 Å². The highest BCUT2D eigenvalue weighted by molar-refractivity contribution is 7.89. The molecule has 1 unspecified atom stereocenters. The van der Waals surface area contributed by atoms with Crippen LogP contribution in [0.4, 0.5) is 5.69 Å². The van der Waals surface area contributed by atoms with E-state index in [2.05, 4.69) is 5.32 Å². The zero-order valence-corrected chi connectivity index (χ0v) is 12.0. The van der Waals surface area contributed by atoms with Crippen molar-refractivity contribution in [3.8, 4) is 0 Å². The number of rotatable bonds is 5. The molecule has 1 saturated heterocycles. The molecule has 1 aliphatic heterocycles. The van der Waals surface area contributed by atoms with Crippen molar-refractivity contribution in [3.63, 3.8) is 0 Å². The van der Waals surface area contributed by atoms with Crippen LogP contribution < -0.4 is 5.32 Å². The third kappa shape index (κ3) is 2.97. The number of hydrogen-bond acceptors (Lipinski definition) is 5. The minimum Gasteiger partial charge on any atom is -0.313 e. The van der Waals surface area contributed by atoms with Gasteiger partial charge in [0.05, 0.1) is 4.92 Å². The summed E-state index contributed by atoms with van der Waals surface area (Å²) in [7, 11) is -2.40. The van der Waals surface area contributed by atoms with Gasteiger partial charge < -0.3 is 5.32 Å². The molecule has 0 amide bonds. The van der Waals surface area contributed by atoms with E-state index in [1.54, 1.807) is 0 Å². The number of nitro benzene ring substituents is 1. The minimum absolute atomic E-state index is 0.109. The van der Waals surface area contributed by atoms with E-state index in [9.17, 15) is 18.5 Å². The van der Waals surface area contributed by atoms with Crippen LogP contribution in [0.3, 0.4) is 0 Å².